The molecule has 2 aromatic carbocycles. The number of aromatic hydroxyl groups is 3. The van der Waals surface area contributed by atoms with Crippen LogP contribution in [-0.4, -0.2) is 172 Å². The molecule has 0 radical (unpaired) electrons. The van der Waals surface area contributed by atoms with Gasteiger partial charge in [0.2, 0.25) is 12.6 Å². The van der Waals surface area contributed by atoms with Crippen LogP contribution in [0.2, 0.25) is 0 Å². The second-order valence-electron chi connectivity index (χ2n) is 13.1. The molecule has 13 N–H and O–H groups in total. The van der Waals surface area contributed by atoms with Crippen molar-refractivity contribution in [2.45, 2.75) is 105 Å². The summed E-state index contributed by atoms with van der Waals surface area (Å²) in [6.07, 6.45) is -24.4. The molecule has 0 aliphatic carbocycles. The number of hydrogen-bond donors (Lipinski definition) is 13. The molecule has 4 aliphatic heterocycles. The Hall–Kier alpha value is -3.58. The van der Waals surface area contributed by atoms with Crippen molar-refractivity contribution in [3.05, 3.63) is 47.2 Å². The molecule has 20 heteroatoms. The number of rotatable bonds is 9. The lowest BCUT2D eigenvalue weighted by Gasteiger charge is -2.43. The number of phenols is 3. The normalized spacial score (nSPS) is 40.1. The molecule has 294 valence electrons. The maximum absolute atomic E-state index is 10.9. The highest BCUT2D eigenvalue weighted by atomic mass is 16.7. The average Bonchev–Trinajstić information content (AvgIpc) is 3.13. The van der Waals surface area contributed by atoms with E-state index >= 15 is 0 Å². The van der Waals surface area contributed by atoms with E-state index in [1.54, 1.807) is 0 Å². The van der Waals surface area contributed by atoms with Crippen molar-refractivity contribution in [3.8, 4) is 28.7 Å². The first-order chi connectivity index (χ1) is 25.1. The van der Waals surface area contributed by atoms with Crippen LogP contribution in [0.15, 0.2) is 36.1 Å². The molecule has 4 heterocycles. The highest BCUT2D eigenvalue weighted by Crippen LogP contribution is 2.46. The standard InChI is InChI=1S/C33H42O20/c1-10-21(38)24(41)27(44)31(48-10)47-9-20-23(40)26(43)29(46)33(53-20)51-18-7-13-16(49-30(18)11-2-3-14(36)15(37)4-11)5-12(35)6-17(13)50-32-28(45)25(42)22(39)19(8-34)52-32/h2-7,10,19-46H,8-9H2,1H3. The van der Waals surface area contributed by atoms with Gasteiger partial charge in [0.05, 0.1) is 24.9 Å². The van der Waals surface area contributed by atoms with Crippen LogP contribution in [-0.2, 0) is 23.7 Å². The van der Waals surface area contributed by atoms with Crippen LogP contribution in [0.25, 0.3) is 6.08 Å². The van der Waals surface area contributed by atoms with Crippen LogP contribution in [0.1, 0.15) is 24.2 Å². The lowest BCUT2D eigenvalue weighted by molar-refractivity contribution is -0.324. The van der Waals surface area contributed by atoms with Crippen molar-refractivity contribution in [2.75, 3.05) is 13.2 Å². The Kier molecular flexibility index (Phi) is 11.5. The zero-order valence-corrected chi connectivity index (χ0v) is 27.8. The van der Waals surface area contributed by atoms with Gasteiger partial charge in [-0.2, -0.15) is 0 Å². The number of ether oxygens (including phenoxy) is 7. The molecule has 2 aromatic rings. The summed E-state index contributed by atoms with van der Waals surface area (Å²) >= 11 is 0. The fraction of sp³-hybridized carbons (Fsp3) is 0.576. The number of benzene rings is 2. The van der Waals surface area contributed by atoms with Crippen molar-refractivity contribution in [2.24, 2.45) is 0 Å². The third-order valence-corrected chi connectivity index (χ3v) is 9.43. The fourth-order valence-corrected chi connectivity index (χ4v) is 6.28. The van der Waals surface area contributed by atoms with E-state index in [4.69, 9.17) is 33.2 Å². The van der Waals surface area contributed by atoms with E-state index in [-0.39, 0.29) is 28.4 Å². The van der Waals surface area contributed by atoms with Crippen molar-refractivity contribution < 1.29 is 99.5 Å². The SMILES string of the molecule is CC1OC(OCC2OC(OC3=Cc4c(cc(O)cc4OC4OC(CO)C(O)C(O)C4O)OC3c3ccc(O)c(O)c3)C(O)C(O)C2O)C(O)C(O)C1O. The quantitative estimate of drug-likeness (QED) is 0.109. The molecule has 16 unspecified atom stereocenters. The number of fused-ring (bicyclic) bond motifs is 1. The predicted molar refractivity (Wildman–Crippen MR) is 170 cm³/mol. The van der Waals surface area contributed by atoms with Gasteiger partial charge in [-0.1, -0.05) is 6.07 Å². The summed E-state index contributed by atoms with van der Waals surface area (Å²) in [6, 6.07) is 5.89. The van der Waals surface area contributed by atoms with Gasteiger partial charge in [-0.3, -0.25) is 0 Å². The molecule has 0 spiro atoms. The molecule has 4 aliphatic rings. The van der Waals surface area contributed by atoms with Crippen molar-refractivity contribution in [1.29, 1.82) is 0 Å². The minimum atomic E-state index is -1.92. The van der Waals surface area contributed by atoms with E-state index < -0.39 is 129 Å². The summed E-state index contributed by atoms with van der Waals surface area (Å²) in [5, 5.41) is 134. The van der Waals surface area contributed by atoms with Crippen LogP contribution in [0.4, 0.5) is 0 Å². The molecule has 20 nitrogen and oxygen atoms in total. The van der Waals surface area contributed by atoms with Gasteiger partial charge >= 0.3 is 0 Å². The Morgan fingerprint density at radius 2 is 1.23 bits per heavy atom. The van der Waals surface area contributed by atoms with Crippen LogP contribution >= 0.6 is 0 Å². The predicted octanol–water partition coefficient (Wildman–Crippen LogP) is -3.87. The van der Waals surface area contributed by atoms with E-state index in [2.05, 4.69) is 0 Å². The monoisotopic (exact) mass is 758 g/mol. The van der Waals surface area contributed by atoms with E-state index in [0.717, 1.165) is 18.2 Å². The molecule has 53 heavy (non-hydrogen) atoms. The highest BCUT2D eigenvalue weighted by Gasteiger charge is 2.49. The average molecular weight is 759 g/mol. The van der Waals surface area contributed by atoms with Gasteiger partial charge in [-0.05, 0) is 25.1 Å². The Bertz CT molecular complexity index is 1620. The third kappa shape index (κ3) is 7.70. The van der Waals surface area contributed by atoms with Gasteiger partial charge < -0.3 is 99.5 Å². The van der Waals surface area contributed by atoms with Crippen molar-refractivity contribution >= 4 is 6.08 Å². The van der Waals surface area contributed by atoms with Gasteiger partial charge in [-0.25, -0.2) is 0 Å². The summed E-state index contributed by atoms with van der Waals surface area (Å²) in [4.78, 5) is 0. The minimum Gasteiger partial charge on any atom is -0.508 e. The number of hydrogen-bond acceptors (Lipinski definition) is 20. The van der Waals surface area contributed by atoms with Crippen molar-refractivity contribution in [1.82, 2.24) is 0 Å². The molecule has 3 saturated heterocycles. The molecule has 0 aromatic heterocycles. The molecule has 3 fully saturated rings. The second-order valence-corrected chi connectivity index (χ2v) is 13.1. The minimum absolute atomic E-state index is 0.0121. The summed E-state index contributed by atoms with van der Waals surface area (Å²) < 4.78 is 40.1. The van der Waals surface area contributed by atoms with Gasteiger partial charge in [0, 0.05) is 17.7 Å². The van der Waals surface area contributed by atoms with Crippen LogP contribution in [0.3, 0.4) is 0 Å². The van der Waals surface area contributed by atoms with Gasteiger partial charge in [-0.15, -0.1) is 0 Å². The first kappa shape index (κ1) is 39.1. The zero-order chi connectivity index (χ0) is 38.5. The van der Waals surface area contributed by atoms with Gasteiger partial charge in [0.15, 0.2) is 23.9 Å². The summed E-state index contributed by atoms with van der Waals surface area (Å²) in [5.74, 6) is -1.97. The van der Waals surface area contributed by atoms with E-state index in [1.165, 1.54) is 25.1 Å². The third-order valence-electron chi connectivity index (χ3n) is 9.43. The summed E-state index contributed by atoms with van der Waals surface area (Å²) in [6.45, 7) is 0.0854. The fourth-order valence-electron chi connectivity index (χ4n) is 6.28. The molecule has 0 bridgehead atoms. The van der Waals surface area contributed by atoms with E-state index in [0.29, 0.717) is 0 Å². The second kappa shape index (κ2) is 15.6. The summed E-state index contributed by atoms with van der Waals surface area (Å²) in [5.41, 5.74) is 0.166. The largest absolute Gasteiger partial charge is 0.508 e. The molecule has 16 atom stereocenters. The van der Waals surface area contributed by atoms with Gasteiger partial charge in [0.1, 0.15) is 90.2 Å². The Morgan fingerprint density at radius 1 is 0.623 bits per heavy atom. The van der Waals surface area contributed by atoms with Crippen LogP contribution < -0.4 is 9.47 Å². The molecule has 0 amide bonds. The molecular weight excluding hydrogens is 716 g/mol. The molecular formula is C33H42O20. The Morgan fingerprint density at radius 3 is 1.89 bits per heavy atom. The van der Waals surface area contributed by atoms with Crippen molar-refractivity contribution in [3.63, 3.8) is 0 Å². The zero-order valence-electron chi connectivity index (χ0n) is 27.8. The smallest absolute Gasteiger partial charge is 0.229 e. The Labute approximate surface area is 300 Å². The highest BCUT2D eigenvalue weighted by molar-refractivity contribution is 5.70. The molecule has 0 saturated carbocycles. The Balaban J connectivity index is 1.30. The maximum atomic E-state index is 10.9. The lowest BCUT2D eigenvalue weighted by Crippen LogP contribution is -2.61. The number of aliphatic hydroxyl groups excluding tert-OH is 10. The van der Waals surface area contributed by atoms with Gasteiger partial charge in [0.25, 0.3) is 0 Å². The topological polar surface area (TPSA) is 328 Å². The van der Waals surface area contributed by atoms with E-state index in [1.807, 2.05) is 0 Å². The maximum Gasteiger partial charge on any atom is 0.229 e. The first-order valence-corrected chi connectivity index (χ1v) is 16.5. The summed E-state index contributed by atoms with van der Waals surface area (Å²) in [7, 11) is 0. The lowest BCUT2D eigenvalue weighted by atomic mass is 9.98. The molecule has 6 rings (SSSR count). The van der Waals surface area contributed by atoms with E-state index in [9.17, 15) is 66.4 Å². The van der Waals surface area contributed by atoms with Crippen LogP contribution in [0.5, 0.6) is 28.7 Å². The first-order valence-electron chi connectivity index (χ1n) is 16.5. The number of aliphatic hydroxyl groups is 10. The van der Waals surface area contributed by atoms with Crippen LogP contribution in [0, 0.1) is 0 Å². The number of phenolic OH excluding ortho intramolecular Hbond substituents is 3.